The Morgan fingerprint density at radius 1 is 0.941 bits per heavy atom. The number of hydrogen-bond donors (Lipinski definition) is 1. The lowest BCUT2D eigenvalue weighted by Crippen LogP contribution is -2.45. The molecule has 0 amide bonds. The number of ether oxygens (including phenoxy) is 4. The fourth-order valence-corrected chi connectivity index (χ4v) is 4.74. The third-order valence-electron chi connectivity index (χ3n) is 6.42. The van der Waals surface area contributed by atoms with Gasteiger partial charge in [-0.25, -0.2) is 0 Å². The molecule has 0 bridgehead atoms. The number of carboxylic acid groups (broad SMARTS) is 1. The minimum Gasteiger partial charge on any atom is -0.496 e. The molecule has 2 aliphatic rings. The van der Waals surface area contributed by atoms with E-state index >= 15 is 0 Å². The Labute approximate surface area is 196 Å². The first-order chi connectivity index (χ1) is 16.6. The molecule has 1 N–H and O–H groups in total. The lowest BCUT2D eigenvalue weighted by Gasteiger charge is -2.41. The van der Waals surface area contributed by atoms with Crippen molar-refractivity contribution < 1.29 is 33.6 Å². The van der Waals surface area contributed by atoms with Gasteiger partial charge >= 0.3 is 11.9 Å². The van der Waals surface area contributed by atoms with Gasteiger partial charge in [0.15, 0.2) is 11.5 Å². The standard InChI is InChI=1S/C27H24O7/c1-31-22-10-3-2-8-19(22)24-20(26(28)29)15-21(24)27(30)34-17-7-4-6-16(14-17)18-9-5-11-23-25(18)33-13-12-32-23/h2-11,14,20-21,24H,12-13,15H2,1H3,(H,28,29). The summed E-state index contributed by atoms with van der Waals surface area (Å²) >= 11 is 0. The van der Waals surface area contributed by atoms with Gasteiger partial charge in [-0.2, -0.15) is 0 Å². The van der Waals surface area contributed by atoms with Gasteiger partial charge in [-0.05, 0) is 41.8 Å². The van der Waals surface area contributed by atoms with Gasteiger partial charge in [-0.15, -0.1) is 0 Å². The molecule has 34 heavy (non-hydrogen) atoms. The van der Waals surface area contributed by atoms with Crippen LogP contribution in [0.5, 0.6) is 23.0 Å². The van der Waals surface area contributed by atoms with Gasteiger partial charge in [0.2, 0.25) is 0 Å². The highest BCUT2D eigenvalue weighted by Gasteiger charge is 2.51. The number of esters is 1. The zero-order chi connectivity index (χ0) is 23.7. The summed E-state index contributed by atoms with van der Waals surface area (Å²) in [6.45, 7) is 0.968. The van der Waals surface area contributed by atoms with Crippen molar-refractivity contribution in [2.75, 3.05) is 20.3 Å². The van der Waals surface area contributed by atoms with Crippen molar-refractivity contribution in [3.63, 3.8) is 0 Å². The summed E-state index contributed by atoms with van der Waals surface area (Å²) in [6, 6.07) is 20.1. The molecule has 3 unspecified atom stereocenters. The number of hydrogen-bond acceptors (Lipinski definition) is 6. The number of carboxylic acids is 1. The summed E-state index contributed by atoms with van der Waals surface area (Å²) in [5.74, 6) is -0.870. The lowest BCUT2D eigenvalue weighted by molar-refractivity contribution is -0.155. The van der Waals surface area contributed by atoms with Crippen LogP contribution in [-0.2, 0) is 9.59 Å². The number of para-hydroxylation sites is 2. The average Bonchev–Trinajstić information content (AvgIpc) is 2.83. The van der Waals surface area contributed by atoms with E-state index in [-0.39, 0.29) is 6.42 Å². The monoisotopic (exact) mass is 460 g/mol. The first-order valence-corrected chi connectivity index (χ1v) is 11.1. The molecule has 3 atom stereocenters. The van der Waals surface area contributed by atoms with Crippen LogP contribution in [0.15, 0.2) is 66.7 Å². The minimum absolute atomic E-state index is 0.216. The quantitative estimate of drug-likeness (QED) is 0.426. The highest BCUT2D eigenvalue weighted by molar-refractivity contribution is 5.84. The second kappa shape index (κ2) is 9.09. The van der Waals surface area contributed by atoms with Crippen molar-refractivity contribution in [2.24, 2.45) is 11.8 Å². The van der Waals surface area contributed by atoms with E-state index in [2.05, 4.69) is 0 Å². The van der Waals surface area contributed by atoms with Crippen LogP contribution in [-0.4, -0.2) is 37.4 Å². The van der Waals surface area contributed by atoms with E-state index in [4.69, 9.17) is 18.9 Å². The van der Waals surface area contributed by atoms with E-state index in [1.165, 1.54) is 7.11 Å². The van der Waals surface area contributed by atoms with Gasteiger partial charge in [0.25, 0.3) is 0 Å². The van der Waals surface area contributed by atoms with E-state index < -0.39 is 29.7 Å². The third-order valence-corrected chi connectivity index (χ3v) is 6.42. The first kappa shape index (κ1) is 21.8. The van der Waals surface area contributed by atoms with Crippen molar-refractivity contribution >= 4 is 11.9 Å². The second-order valence-electron chi connectivity index (χ2n) is 8.33. The van der Waals surface area contributed by atoms with Gasteiger partial charge in [0.1, 0.15) is 24.7 Å². The SMILES string of the molecule is COc1ccccc1C1C(C(=O)O)CC1C(=O)Oc1cccc(-c2cccc3c2OCCO3)c1. The molecule has 7 heteroatoms. The molecule has 1 aliphatic carbocycles. The fourth-order valence-electron chi connectivity index (χ4n) is 4.74. The zero-order valence-electron chi connectivity index (χ0n) is 18.6. The van der Waals surface area contributed by atoms with Crippen molar-refractivity contribution in [1.82, 2.24) is 0 Å². The highest BCUT2D eigenvalue weighted by atomic mass is 16.6. The summed E-state index contributed by atoms with van der Waals surface area (Å²) in [5, 5.41) is 9.66. The molecule has 0 spiro atoms. The molecule has 0 aromatic heterocycles. The van der Waals surface area contributed by atoms with Crippen LogP contribution in [0.1, 0.15) is 17.9 Å². The minimum atomic E-state index is -0.932. The van der Waals surface area contributed by atoms with E-state index in [1.807, 2.05) is 36.4 Å². The fraction of sp³-hybridized carbons (Fsp3) is 0.259. The third kappa shape index (κ3) is 3.94. The Kier molecular flexibility index (Phi) is 5.84. The van der Waals surface area contributed by atoms with Gasteiger partial charge in [-0.1, -0.05) is 42.5 Å². The smallest absolute Gasteiger partial charge is 0.315 e. The largest absolute Gasteiger partial charge is 0.496 e. The maximum absolute atomic E-state index is 13.1. The predicted molar refractivity (Wildman–Crippen MR) is 123 cm³/mol. The summed E-state index contributed by atoms with van der Waals surface area (Å²) in [4.78, 5) is 24.9. The van der Waals surface area contributed by atoms with Crippen molar-refractivity contribution in [3.8, 4) is 34.1 Å². The Hall–Kier alpha value is -4.00. The van der Waals surface area contributed by atoms with Crippen molar-refractivity contribution in [1.29, 1.82) is 0 Å². The summed E-state index contributed by atoms with van der Waals surface area (Å²) in [5.41, 5.74) is 2.37. The molecule has 5 rings (SSSR count). The maximum Gasteiger partial charge on any atom is 0.315 e. The molecule has 7 nitrogen and oxygen atoms in total. The van der Waals surface area contributed by atoms with Gasteiger partial charge in [0.05, 0.1) is 18.9 Å². The van der Waals surface area contributed by atoms with Crippen LogP contribution in [0.25, 0.3) is 11.1 Å². The van der Waals surface area contributed by atoms with Gasteiger partial charge < -0.3 is 24.1 Å². The number of methoxy groups -OCH3 is 1. The summed E-state index contributed by atoms with van der Waals surface area (Å²) in [7, 11) is 1.53. The molecule has 0 radical (unpaired) electrons. The van der Waals surface area contributed by atoms with E-state index in [9.17, 15) is 14.7 Å². The highest BCUT2D eigenvalue weighted by Crippen LogP contribution is 2.51. The predicted octanol–water partition coefficient (Wildman–Crippen LogP) is 4.54. The Bertz CT molecular complexity index is 1240. The molecule has 0 saturated heterocycles. The second-order valence-corrected chi connectivity index (χ2v) is 8.33. The molecule has 3 aromatic rings. The number of fused-ring (bicyclic) bond motifs is 1. The summed E-state index contributed by atoms with van der Waals surface area (Å²) < 4.78 is 22.6. The number of carbonyl (C=O) groups excluding carboxylic acids is 1. The Morgan fingerprint density at radius 2 is 1.74 bits per heavy atom. The number of benzene rings is 3. The lowest BCUT2D eigenvalue weighted by atomic mass is 9.61. The van der Waals surface area contributed by atoms with Gasteiger partial charge in [-0.3, -0.25) is 9.59 Å². The Morgan fingerprint density at radius 3 is 2.56 bits per heavy atom. The Balaban J connectivity index is 1.39. The van der Waals surface area contributed by atoms with Crippen LogP contribution >= 0.6 is 0 Å². The topological polar surface area (TPSA) is 91.3 Å². The van der Waals surface area contributed by atoms with Crippen LogP contribution < -0.4 is 18.9 Å². The molecule has 174 valence electrons. The average molecular weight is 460 g/mol. The van der Waals surface area contributed by atoms with E-state index in [0.717, 1.165) is 11.1 Å². The van der Waals surface area contributed by atoms with Crippen LogP contribution in [0.2, 0.25) is 0 Å². The number of carbonyl (C=O) groups is 2. The molecule has 3 aromatic carbocycles. The zero-order valence-corrected chi connectivity index (χ0v) is 18.6. The normalized spacial score (nSPS) is 20.7. The molecule has 1 fully saturated rings. The summed E-state index contributed by atoms with van der Waals surface area (Å²) in [6.07, 6.45) is 0.216. The van der Waals surface area contributed by atoms with Crippen molar-refractivity contribution in [3.05, 3.63) is 72.3 Å². The molecule has 1 aliphatic heterocycles. The van der Waals surface area contributed by atoms with E-state index in [1.54, 1.807) is 30.3 Å². The van der Waals surface area contributed by atoms with Gasteiger partial charge in [0, 0.05) is 11.5 Å². The number of rotatable bonds is 6. The molecule has 1 saturated carbocycles. The van der Waals surface area contributed by atoms with Crippen LogP contribution in [0.4, 0.5) is 0 Å². The molecular formula is C27H24O7. The number of aliphatic carboxylic acids is 1. The van der Waals surface area contributed by atoms with Crippen LogP contribution in [0.3, 0.4) is 0 Å². The van der Waals surface area contributed by atoms with E-state index in [0.29, 0.717) is 41.8 Å². The van der Waals surface area contributed by atoms with Crippen molar-refractivity contribution in [2.45, 2.75) is 12.3 Å². The maximum atomic E-state index is 13.1. The molecule has 1 heterocycles. The first-order valence-electron chi connectivity index (χ1n) is 11.1. The van der Waals surface area contributed by atoms with Crippen LogP contribution in [0, 0.1) is 11.8 Å². The molecular weight excluding hydrogens is 436 g/mol.